The molecule has 1 spiro atoms. The van der Waals surface area contributed by atoms with Crippen LogP contribution in [0.2, 0.25) is 0 Å². The van der Waals surface area contributed by atoms with E-state index in [1.54, 1.807) is 34.6 Å². The second kappa shape index (κ2) is 5.89. The first-order valence-corrected chi connectivity index (χ1v) is 8.92. The maximum Gasteiger partial charge on any atom is 0.411 e. The van der Waals surface area contributed by atoms with Crippen LogP contribution < -0.4 is 0 Å². The highest BCUT2D eigenvalue weighted by Crippen LogP contribution is 2.51. The van der Waals surface area contributed by atoms with Gasteiger partial charge in [-0.15, -0.1) is 0 Å². The lowest BCUT2D eigenvalue weighted by molar-refractivity contribution is -0.444. The molecular formula is C18H29NO7. The van der Waals surface area contributed by atoms with E-state index in [1.807, 2.05) is 0 Å². The molecule has 2 aliphatic heterocycles. The van der Waals surface area contributed by atoms with Crippen LogP contribution in [-0.4, -0.2) is 72.5 Å². The molecule has 3 aliphatic rings. The molecular weight excluding hydrogens is 342 g/mol. The molecule has 0 radical (unpaired) electrons. The van der Waals surface area contributed by atoms with E-state index in [9.17, 15) is 9.59 Å². The van der Waals surface area contributed by atoms with Gasteiger partial charge in [0.25, 0.3) is 0 Å². The molecule has 4 atom stereocenters. The van der Waals surface area contributed by atoms with Crippen LogP contribution in [0.4, 0.5) is 4.79 Å². The lowest BCUT2D eigenvalue weighted by atomic mass is 9.90. The zero-order chi connectivity index (χ0) is 19.5. The van der Waals surface area contributed by atoms with Gasteiger partial charge in [0.15, 0.2) is 5.78 Å². The fourth-order valence-electron chi connectivity index (χ4n) is 3.66. The third kappa shape index (κ3) is 2.83. The average Bonchev–Trinajstić information content (AvgIpc) is 3.33. The summed E-state index contributed by atoms with van der Waals surface area (Å²) in [6, 6.07) is 0. The Kier molecular flexibility index (Phi) is 4.42. The summed E-state index contributed by atoms with van der Waals surface area (Å²) < 4.78 is 28.6. The molecule has 0 unspecified atom stereocenters. The summed E-state index contributed by atoms with van der Waals surface area (Å²) >= 11 is 0. The number of piperidine rings is 1. The summed E-state index contributed by atoms with van der Waals surface area (Å²) in [4.78, 5) is 27.4. The molecule has 148 valence electrons. The largest absolute Gasteiger partial charge is 0.444 e. The summed E-state index contributed by atoms with van der Waals surface area (Å²) in [6.07, 6.45) is -0.783. The fourth-order valence-corrected chi connectivity index (χ4v) is 3.66. The molecule has 0 aromatic heterocycles. The number of Topliss-reactive ketones (excluding diaryl/α,β-unsaturated/α-hetero) is 1. The second-order valence-electron chi connectivity index (χ2n) is 8.48. The van der Waals surface area contributed by atoms with Gasteiger partial charge in [0.05, 0.1) is 6.54 Å². The number of nitrogens with zero attached hydrogens (tertiary/aromatic N) is 1. The molecule has 1 aliphatic carbocycles. The molecule has 1 saturated carbocycles. The number of fused-ring (bicyclic) bond motifs is 1. The normalized spacial score (nSPS) is 38.9. The fraction of sp³-hybridized carbons (Fsp3) is 0.889. The molecule has 26 heavy (non-hydrogen) atoms. The SMILES string of the molecule is CO[C@@]1(C)O[C@@H]2C(=O)C3(CC3)N(C(=O)OC(C)(C)C)C[C@H]2O[C@]1(C)OC. The van der Waals surface area contributed by atoms with Gasteiger partial charge < -0.3 is 23.7 Å². The van der Waals surface area contributed by atoms with Gasteiger partial charge in [0.2, 0.25) is 11.6 Å². The first-order valence-electron chi connectivity index (χ1n) is 8.92. The van der Waals surface area contributed by atoms with Crippen molar-refractivity contribution in [2.24, 2.45) is 0 Å². The number of carbonyl (C=O) groups excluding carboxylic acids is 2. The molecule has 0 aromatic carbocycles. The van der Waals surface area contributed by atoms with Crippen molar-refractivity contribution in [1.29, 1.82) is 0 Å². The van der Waals surface area contributed by atoms with Gasteiger partial charge in [-0.05, 0) is 47.5 Å². The quantitative estimate of drug-likeness (QED) is 0.732. The average molecular weight is 371 g/mol. The van der Waals surface area contributed by atoms with Crippen molar-refractivity contribution >= 4 is 11.9 Å². The lowest BCUT2D eigenvalue weighted by Crippen LogP contribution is -2.73. The first kappa shape index (κ1) is 19.5. The van der Waals surface area contributed by atoms with E-state index in [2.05, 4.69) is 0 Å². The maximum absolute atomic E-state index is 13.2. The minimum absolute atomic E-state index is 0.166. The maximum atomic E-state index is 13.2. The standard InChI is InChI=1S/C18H29NO7/c1-15(2,3)26-14(21)19-10-11-12(13(20)18(19)8-9-18)25-17(5,23-7)16(4,22-6)24-11/h11-12H,8-10H2,1-7H3/t11-,12+,16+,17+/m1/s1. The lowest BCUT2D eigenvalue weighted by Gasteiger charge is -2.55. The Bertz CT molecular complexity index is 611. The zero-order valence-corrected chi connectivity index (χ0v) is 16.6. The molecule has 8 heteroatoms. The van der Waals surface area contributed by atoms with E-state index in [4.69, 9.17) is 23.7 Å². The Morgan fingerprint density at radius 1 is 1.12 bits per heavy atom. The number of amides is 1. The molecule has 0 bridgehead atoms. The van der Waals surface area contributed by atoms with E-state index in [-0.39, 0.29) is 12.3 Å². The third-order valence-corrected chi connectivity index (χ3v) is 5.60. The van der Waals surface area contributed by atoms with Gasteiger partial charge in [0.1, 0.15) is 23.3 Å². The summed E-state index contributed by atoms with van der Waals surface area (Å²) in [7, 11) is 2.97. The monoisotopic (exact) mass is 371 g/mol. The smallest absolute Gasteiger partial charge is 0.411 e. The summed E-state index contributed by atoms with van der Waals surface area (Å²) in [5, 5.41) is 0. The van der Waals surface area contributed by atoms with Crippen LogP contribution in [0.15, 0.2) is 0 Å². The Morgan fingerprint density at radius 2 is 1.65 bits per heavy atom. The van der Waals surface area contributed by atoms with Crippen LogP contribution in [0.3, 0.4) is 0 Å². The zero-order valence-electron chi connectivity index (χ0n) is 16.6. The van der Waals surface area contributed by atoms with Gasteiger partial charge in [0, 0.05) is 14.2 Å². The van der Waals surface area contributed by atoms with Gasteiger partial charge >= 0.3 is 6.09 Å². The third-order valence-electron chi connectivity index (χ3n) is 5.60. The highest BCUT2D eigenvalue weighted by molar-refractivity contribution is 5.99. The number of methoxy groups -OCH3 is 2. The van der Waals surface area contributed by atoms with Crippen LogP contribution in [0.1, 0.15) is 47.5 Å². The van der Waals surface area contributed by atoms with Crippen LogP contribution in [-0.2, 0) is 28.5 Å². The van der Waals surface area contributed by atoms with E-state index >= 15 is 0 Å². The Morgan fingerprint density at radius 3 is 2.12 bits per heavy atom. The van der Waals surface area contributed by atoms with Crippen molar-refractivity contribution in [3.8, 4) is 0 Å². The predicted octanol–water partition coefficient (Wildman–Crippen LogP) is 1.85. The van der Waals surface area contributed by atoms with Crippen molar-refractivity contribution < 1.29 is 33.3 Å². The molecule has 3 rings (SSSR count). The molecule has 1 amide bonds. The van der Waals surface area contributed by atoms with Crippen molar-refractivity contribution in [2.45, 2.75) is 82.4 Å². The van der Waals surface area contributed by atoms with Gasteiger partial charge in [-0.2, -0.15) is 0 Å². The first-order chi connectivity index (χ1) is 11.9. The second-order valence-corrected chi connectivity index (χ2v) is 8.48. The number of ketones is 1. The van der Waals surface area contributed by atoms with Crippen LogP contribution in [0.25, 0.3) is 0 Å². The van der Waals surface area contributed by atoms with Crippen molar-refractivity contribution in [3.05, 3.63) is 0 Å². The van der Waals surface area contributed by atoms with E-state index in [0.717, 1.165) is 0 Å². The Hall–Kier alpha value is -1.22. The Labute approximate surface area is 154 Å². The summed E-state index contributed by atoms with van der Waals surface area (Å²) in [5.74, 6) is -2.64. The van der Waals surface area contributed by atoms with Crippen molar-refractivity contribution in [2.75, 3.05) is 20.8 Å². The highest BCUT2D eigenvalue weighted by Gasteiger charge is 2.68. The van der Waals surface area contributed by atoms with Crippen molar-refractivity contribution in [1.82, 2.24) is 4.90 Å². The molecule has 2 heterocycles. The molecule has 2 saturated heterocycles. The number of hydrogen-bond donors (Lipinski definition) is 0. The van der Waals surface area contributed by atoms with E-state index in [0.29, 0.717) is 12.8 Å². The van der Waals surface area contributed by atoms with Gasteiger partial charge in [-0.1, -0.05) is 0 Å². The van der Waals surface area contributed by atoms with Gasteiger partial charge in [-0.25, -0.2) is 4.79 Å². The number of hydrogen-bond acceptors (Lipinski definition) is 7. The number of carbonyl (C=O) groups is 2. The summed E-state index contributed by atoms with van der Waals surface area (Å²) in [6.45, 7) is 8.96. The predicted molar refractivity (Wildman–Crippen MR) is 90.5 cm³/mol. The molecule has 3 fully saturated rings. The Balaban J connectivity index is 1.89. The topological polar surface area (TPSA) is 83.5 Å². The van der Waals surface area contributed by atoms with E-state index < -0.39 is 41.0 Å². The van der Waals surface area contributed by atoms with E-state index in [1.165, 1.54) is 19.1 Å². The number of rotatable bonds is 2. The number of likely N-dealkylation sites (tertiary alicyclic amines) is 1. The molecule has 0 N–H and O–H groups in total. The van der Waals surface area contributed by atoms with Gasteiger partial charge in [-0.3, -0.25) is 9.69 Å². The minimum atomic E-state index is -1.25. The molecule has 0 aromatic rings. The minimum Gasteiger partial charge on any atom is -0.444 e. The van der Waals surface area contributed by atoms with Crippen LogP contribution >= 0.6 is 0 Å². The van der Waals surface area contributed by atoms with Crippen LogP contribution in [0.5, 0.6) is 0 Å². The highest BCUT2D eigenvalue weighted by atomic mass is 16.8. The summed E-state index contributed by atoms with van der Waals surface area (Å²) in [5.41, 5.74) is -1.50. The number of ether oxygens (including phenoxy) is 5. The van der Waals surface area contributed by atoms with Crippen molar-refractivity contribution in [3.63, 3.8) is 0 Å². The molecule has 8 nitrogen and oxygen atoms in total. The van der Waals surface area contributed by atoms with Crippen LogP contribution in [0, 0.1) is 0 Å².